The van der Waals surface area contributed by atoms with Gasteiger partial charge in [0.25, 0.3) is 5.91 Å². The van der Waals surface area contributed by atoms with Crippen molar-refractivity contribution in [2.75, 3.05) is 6.54 Å². The Morgan fingerprint density at radius 3 is 2.48 bits per heavy atom. The van der Waals surface area contributed by atoms with Gasteiger partial charge in [-0.1, -0.05) is 59.6 Å². The first-order valence-corrected chi connectivity index (χ1v) is 8.43. The summed E-state index contributed by atoms with van der Waals surface area (Å²) < 4.78 is 0. The Balaban J connectivity index is 1.73. The van der Waals surface area contributed by atoms with Crippen molar-refractivity contribution in [3.05, 3.63) is 69.7 Å². The third-order valence-electron chi connectivity index (χ3n) is 4.06. The lowest BCUT2D eigenvalue weighted by atomic mass is 9.88. The maximum atomic E-state index is 12.4. The van der Waals surface area contributed by atoms with Crippen molar-refractivity contribution in [2.24, 2.45) is 11.0 Å². The average Bonchev–Trinajstić information content (AvgIpc) is 3.00. The maximum Gasteiger partial charge on any atom is 0.253 e. The second kappa shape index (κ2) is 7.68. The number of benzene rings is 2. The van der Waals surface area contributed by atoms with E-state index in [0.717, 1.165) is 5.56 Å². The van der Waals surface area contributed by atoms with E-state index in [0.29, 0.717) is 22.2 Å². The fourth-order valence-corrected chi connectivity index (χ4v) is 3.29. The van der Waals surface area contributed by atoms with E-state index in [9.17, 15) is 9.59 Å². The van der Waals surface area contributed by atoms with Crippen LogP contribution in [0.5, 0.6) is 0 Å². The lowest BCUT2D eigenvalue weighted by Crippen LogP contribution is -2.34. The van der Waals surface area contributed by atoms with Crippen LogP contribution in [-0.4, -0.2) is 24.6 Å². The molecule has 0 aromatic heterocycles. The Morgan fingerprint density at radius 1 is 1.12 bits per heavy atom. The molecule has 1 heterocycles. The Kier molecular flexibility index (Phi) is 5.36. The highest BCUT2D eigenvalue weighted by molar-refractivity contribution is 6.38. The van der Waals surface area contributed by atoms with Crippen LogP contribution >= 0.6 is 23.2 Å². The fraction of sp³-hybridized carbons (Fsp3) is 0.167. The van der Waals surface area contributed by atoms with Crippen molar-refractivity contribution in [2.45, 2.75) is 5.92 Å². The molecule has 5 nitrogen and oxygen atoms in total. The SMILES string of the molecule is O=C1NC[C@@H](c2ccccc2)[C@@H]1C(=O)NN=Cc1c(Cl)cccc1Cl. The minimum absolute atomic E-state index is 0.229. The van der Waals surface area contributed by atoms with E-state index in [2.05, 4.69) is 15.8 Å². The molecule has 25 heavy (non-hydrogen) atoms. The van der Waals surface area contributed by atoms with Crippen LogP contribution in [0.2, 0.25) is 10.0 Å². The number of nitrogens with one attached hydrogen (secondary N) is 2. The zero-order valence-electron chi connectivity index (χ0n) is 13.1. The molecule has 1 saturated heterocycles. The molecule has 1 fully saturated rings. The topological polar surface area (TPSA) is 70.6 Å². The standard InChI is InChI=1S/C18H15Cl2N3O2/c19-14-7-4-8-15(20)13(14)10-22-23-18(25)16-12(9-21-17(16)24)11-5-2-1-3-6-11/h1-8,10,12,16H,9H2,(H,21,24)(H,23,25)/t12-,16-/m0/s1. The first-order valence-electron chi connectivity index (χ1n) is 7.67. The van der Waals surface area contributed by atoms with Crippen molar-refractivity contribution in [1.82, 2.24) is 10.7 Å². The Labute approximate surface area is 155 Å². The van der Waals surface area contributed by atoms with Crippen molar-refractivity contribution in [1.29, 1.82) is 0 Å². The molecular weight excluding hydrogens is 361 g/mol. The molecule has 2 amide bonds. The van der Waals surface area contributed by atoms with Gasteiger partial charge < -0.3 is 5.32 Å². The molecule has 0 spiro atoms. The summed E-state index contributed by atoms with van der Waals surface area (Å²) in [6.45, 7) is 0.418. The van der Waals surface area contributed by atoms with Crippen LogP contribution in [-0.2, 0) is 9.59 Å². The summed E-state index contributed by atoms with van der Waals surface area (Å²) in [7, 11) is 0. The molecule has 2 atom stereocenters. The zero-order valence-corrected chi connectivity index (χ0v) is 14.6. The van der Waals surface area contributed by atoms with E-state index in [4.69, 9.17) is 23.2 Å². The molecule has 7 heteroatoms. The van der Waals surface area contributed by atoms with Crippen LogP contribution in [0.3, 0.4) is 0 Å². The number of hydrogen-bond acceptors (Lipinski definition) is 3. The van der Waals surface area contributed by atoms with E-state index in [1.54, 1.807) is 18.2 Å². The van der Waals surface area contributed by atoms with Crippen molar-refractivity contribution in [3.63, 3.8) is 0 Å². The molecule has 0 radical (unpaired) electrons. The van der Waals surface area contributed by atoms with Gasteiger partial charge in [-0.2, -0.15) is 5.10 Å². The molecule has 2 aromatic carbocycles. The van der Waals surface area contributed by atoms with Gasteiger partial charge in [0, 0.05) is 18.0 Å². The summed E-state index contributed by atoms with van der Waals surface area (Å²) in [6.07, 6.45) is 1.37. The number of carbonyl (C=O) groups excluding carboxylic acids is 2. The van der Waals surface area contributed by atoms with Crippen LogP contribution in [0.1, 0.15) is 17.0 Å². The predicted octanol–water partition coefficient (Wildman–Crippen LogP) is 2.97. The van der Waals surface area contributed by atoms with Gasteiger partial charge >= 0.3 is 0 Å². The second-order valence-corrected chi connectivity index (χ2v) is 6.42. The van der Waals surface area contributed by atoms with Crippen molar-refractivity contribution >= 4 is 41.2 Å². The number of nitrogens with zero attached hydrogens (tertiary/aromatic N) is 1. The van der Waals surface area contributed by atoms with Gasteiger partial charge in [-0.3, -0.25) is 9.59 Å². The molecule has 1 aliphatic heterocycles. The van der Waals surface area contributed by atoms with E-state index in [-0.39, 0.29) is 11.8 Å². The molecule has 128 valence electrons. The summed E-state index contributed by atoms with van der Waals surface area (Å²) in [5.41, 5.74) is 3.84. The number of rotatable bonds is 4. The quantitative estimate of drug-likeness (QED) is 0.489. The molecule has 2 aromatic rings. The van der Waals surface area contributed by atoms with Gasteiger partial charge in [-0.05, 0) is 17.7 Å². The fourth-order valence-electron chi connectivity index (χ4n) is 2.80. The minimum atomic E-state index is -0.832. The third-order valence-corrected chi connectivity index (χ3v) is 4.72. The molecule has 3 rings (SSSR count). The summed E-state index contributed by atoms with van der Waals surface area (Å²) >= 11 is 12.1. The number of amides is 2. The first kappa shape index (κ1) is 17.5. The number of hydrogen-bond donors (Lipinski definition) is 2. The molecule has 1 aliphatic rings. The molecule has 2 N–H and O–H groups in total. The van der Waals surface area contributed by atoms with Gasteiger partial charge in [-0.25, -0.2) is 5.43 Å². The average molecular weight is 376 g/mol. The Hall–Kier alpha value is -2.37. The third kappa shape index (κ3) is 3.83. The van der Waals surface area contributed by atoms with Gasteiger partial charge in [-0.15, -0.1) is 0 Å². The lowest BCUT2D eigenvalue weighted by molar-refractivity contribution is -0.133. The van der Waals surface area contributed by atoms with Crippen LogP contribution in [0.25, 0.3) is 0 Å². The summed E-state index contributed by atoms with van der Waals surface area (Å²) in [4.78, 5) is 24.5. The number of halogens is 2. The van der Waals surface area contributed by atoms with Gasteiger partial charge in [0.2, 0.25) is 5.91 Å². The second-order valence-electron chi connectivity index (χ2n) is 5.61. The van der Waals surface area contributed by atoms with Gasteiger partial charge in [0.15, 0.2) is 0 Å². The molecular formula is C18H15Cl2N3O2. The normalized spacial score (nSPS) is 19.8. The Bertz CT molecular complexity index is 804. The highest BCUT2D eigenvalue weighted by Gasteiger charge is 2.40. The molecule has 0 unspecified atom stereocenters. The molecule has 0 saturated carbocycles. The van der Waals surface area contributed by atoms with E-state index < -0.39 is 11.8 Å². The smallest absolute Gasteiger partial charge is 0.253 e. The monoisotopic (exact) mass is 375 g/mol. The maximum absolute atomic E-state index is 12.4. The van der Waals surface area contributed by atoms with E-state index in [1.165, 1.54) is 6.21 Å². The van der Waals surface area contributed by atoms with Crippen molar-refractivity contribution in [3.8, 4) is 0 Å². The van der Waals surface area contributed by atoms with E-state index >= 15 is 0 Å². The van der Waals surface area contributed by atoms with Crippen LogP contribution < -0.4 is 10.7 Å². The lowest BCUT2D eigenvalue weighted by Gasteiger charge is -2.15. The predicted molar refractivity (Wildman–Crippen MR) is 97.9 cm³/mol. The summed E-state index contributed by atoms with van der Waals surface area (Å²) in [6, 6.07) is 14.5. The molecule has 0 aliphatic carbocycles. The number of hydrazone groups is 1. The minimum Gasteiger partial charge on any atom is -0.355 e. The summed E-state index contributed by atoms with van der Waals surface area (Å²) in [5.74, 6) is -1.84. The highest BCUT2D eigenvalue weighted by atomic mass is 35.5. The summed E-state index contributed by atoms with van der Waals surface area (Å²) in [5, 5.41) is 7.47. The van der Waals surface area contributed by atoms with E-state index in [1.807, 2.05) is 30.3 Å². The van der Waals surface area contributed by atoms with Crippen LogP contribution in [0.4, 0.5) is 0 Å². The Morgan fingerprint density at radius 2 is 1.80 bits per heavy atom. The first-order chi connectivity index (χ1) is 12.1. The van der Waals surface area contributed by atoms with Crippen LogP contribution in [0.15, 0.2) is 53.6 Å². The van der Waals surface area contributed by atoms with Gasteiger partial charge in [0.05, 0.1) is 16.3 Å². The van der Waals surface area contributed by atoms with Gasteiger partial charge in [0.1, 0.15) is 5.92 Å². The largest absolute Gasteiger partial charge is 0.355 e. The van der Waals surface area contributed by atoms with Crippen molar-refractivity contribution < 1.29 is 9.59 Å². The highest BCUT2D eigenvalue weighted by Crippen LogP contribution is 2.29. The van der Waals surface area contributed by atoms with Crippen LogP contribution in [0, 0.1) is 5.92 Å². The zero-order chi connectivity index (χ0) is 17.8. The molecule has 0 bridgehead atoms. The number of carbonyl (C=O) groups is 2.